The number of nitrogens with one attached hydrogen (secondary N) is 1. The summed E-state index contributed by atoms with van der Waals surface area (Å²) in [6.07, 6.45) is 2.41. The minimum atomic E-state index is -0.784. The molecule has 0 spiro atoms. The van der Waals surface area contributed by atoms with Crippen molar-refractivity contribution < 1.29 is 5.11 Å². The zero-order valence-corrected chi connectivity index (χ0v) is 7.62. The van der Waals surface area contributed by atoms with Gasteiger partial charge in [0.25, 0.3) is 0 Å². The molecule has 1 fully saturated rings. The third kappa shape index (κ3) is 1.55. The van der Waals surface area contributed by atoms with Gasteiger partial charge >= 0.3 is 0 Å². The second kappa shape index (κ2) is 3.05. The Balaban J connectivity index is 2.33. The molecule has 2 heterocycles. The van der Waals surface area contributed by atoms with E-state index in [2.05, 4.69) is 15.3 Å². The van der Waals surface area contributed by atoms with Crippen molar-refractivity contribution in [2.75, 3.05) is 13.1 Å². The summed E-state index contributed by atoms with van der Waals surface area (Å²) in [4.78, 5) is 8.23. The first-order chi connectivity index (χ1) is 6.21. The van der Waals surface area contributed by atoms with Gasteiger partial charge in [-0.1, -0.05) is 0 Å². The first kappa shape index (κ1) is 8.59. The standard InChI is InChI=1S/C9H13N3O/c1-7-11-4-2-8(12-7)9(13)3-5-10-6-9/h2,4,10,13H,3,5-6H2,1H3. The van der Waals surface area contributed by atoms with Crippen molar-refractivity contribution >= 4 is 0 Å². The van der Waals surface area contributed by atoms with Crippen molar-refractivity contribution in [3.8, 4) is 0 Å². The fourth-order valence-electron chi connectivity index (χ4n) is 1.61. The van der Waals surface area contributed by atoms with Gasteiger partial charge in [0.05, 0.1) is 5.69 Å². The van der Waals surface area contributed by atoms with Crippen LogP contribution in [0.1, 0.15) is 17.9 Å². The molecular formula is C9H13N3O. The van der Waals surface area contributed by atoms with E-state index in [4.69, 9.17) is 0 Å². The van der Waals surface area contributed by atoms with Crippen molar-refractivity contribution in [2.45, 2.75) is 18.9 Å². The lowest BCUT2D eigenvalue weighted by Crippen LogP contribution is -2.29. The molecule has 70 valence electrons. The Morgan fingerprint density at radius 3 is 3.08 bits per heavy atom. The van der Waals surface area contributed by atoms with Gasteiger partial charge in [-0.05, 0) is 26.0 Å². The maximum atomic E-state index is 10.1. The molecule has 1 aliphatic heterocycles. The quantitative estimate of drug-likeness (QED) is 0.635. The summed E-state index contributed by atoms with van der Waals surface area (Å²) < 4.78 is 0. The molecular weight excluding hydrogens is 166 g/mol. The van der Waals surface area contributed by atoms with Crippen LogP contribution in [-0.4, -0.2) is 28.2 Å². The number of aromatic nitrogens is 2. The van der Waals surface area contributed by atoms with Crippen LogP contribution in [0.4, 0.5) is 0 Å². The molecule has 0 amide bonds. The average molecular weight is 179 g/mol. The van der Waals surface area contributed by atoms with E-state index in [-0.39, 0.29) is 0 Å². The highest BCUT2D eigenvalue weighted by Crippen LogP contribution is 2.25. The van der Waals surface area contributed by atoms with E-state index in [1.807, 2.05) is 6.92 Å². The Labute approximate surface area is 77.0 Å². The number of nitrogens with zero attached hydrogens (tertiary/aromatic N) is 2. The summed E-state index contributed by atoms with van der Waals surface area (Å²) in [5.41, 5.74) is -0.0572. The third-order valence-electron chi connectivity index (χ3n) is 2.39. The van der Waals surface area contributed by atoms with Crippen LogP contribution in [0.15, 0.2) is 12.3 Å². The molecule has 4 nitrogen and oxygen atoms in total. The van der Waals surface area contributed by atoms with E-state index >= 15 is 0 Å². The highest BCUT2D eigenvalue weighted by molar-refractivity contribution is 5.14. The van der Waals surface area contributed by atoms with Crippen LogP contribution in [0.2, 0.25) is 0 Å². The van der Waals surface area contributed by atoms with Crippen LogP contribution in [0.25, 0.3) is 0 Å². The molecule has 0 aromatic carbocycles. The SMILES string of the molecule is Cc1nccc(C2(O)CCNC2)n1. The number of β-amino-alcohol motifs (C(OH)–C–C–N with tert-alkyl or cyclic N) is 1. The van der Waals surface area contributed by atoms with E-state index in [9.17, 15) is 5.11 Å². The molecule has 0 aliphatic carbocycles. The number of aliphatic hydroxyl groups is 1. The molecule has 0 radical (unpaired) electrons. The third-order valence-corrected chi connectivity index (χ3v) is 2.39. The maximum Gasteiger partial charge on any atom is 0.125 e. The van der Waals surface area contributed by atoms with Crippen LogP contribution in [0.5, 0.6) is 0 Å². The van der Waals surface area contributed by atoms with E-state index in [1.165, 1.54) is 0 Å². The van der Waals surface area contributed by atoms with Crippen LogP contribution in [0, 0.1) is 6.92 Å². The van der Waals surface area contributed by atoms with Crippen molar-refractivity contribution in [1.82, 2.24) is 15.3 Å². The fraction of sp³-hybridized carbons (Fsp3) is 0.556. The molecule has 2 rings (SSSR count). The minimum absolute atomic E-state index is 0.587. The predicted octanol–water partition coefficient (Wildman–Crippen LogP) is -0.0341. The Bertz CT molecular complexity index is 307. The lowest BCUT2D eigenvalue weighted by molar-refractivity contribution is 0.0538. The van der Waals surface area contributed by atoms with Crippen LogP contribution >= 0.6 is 0 Å². The van der Waals surface area contributed by atoms with Gasteiger partial charge in [-0.15, -0.1) is 0 Å². The second-order valence-electron chi connectivity index (χ2n) is 3.45. The molecule has 1 aliphatic rings. The molecule has 1 aromatic heterocycles. The van der Waals surface area contributed by atoms with Crippen molar-refractivity contribution in [1.29, 1.82) is 0 Å². The molecule has 1 aromatic rings. The van der Waals surface area contributed by atoms with Gasteiger partial charge < -0.3 is 10.4 Å². The largest absolute Gasteiger partial charge is 0.382 e. The molecule has 1 saturated heterocycles. The number of aryl methyl sites for hydroxylation is 1. The first-order valence-corrected chi connectivity index (χ1v) is 4.44. The summed E-state index contributed by atoms with van der Waals surface area (Å²) in [6, 6.07) is 1.78. The Hall–Kier alpha value is -1.00. The van der Waals surface area contributed by atoms with E-state index in [1.54, 1.807) is 12.3 Å². The van der Waals surface area contributed by atoms with Crippen LogP contribution < -0.4 is 5.32 Å². The van der Waals surface area contributed by atoms with E-state index in [0.29, 0.717) is 12.4 Å². The van der Waals surface area contributed by atoms with E-state index < -0.39 is 5.60 Å². The molecule has 4 heteroatoms. The molecule has 1 unspecified atom stereocenters. The first-order valence-electron chi connectivity index (χ1n) is 4.44. The second-order valence-corrected chi connectivity index (χ2v) is 3.45. The fourth-order valence-corrected chi connectivity index (χ4v) is 1.61. The van der Waals surface area contributed by atoms with Crippen molar-refractivity contribution in [3.63, 3.8) is 0 Å². The van der Waals surface area contributed by atoms with Gasteiger partial charge in [0, 0.05) is 12.7 Å². The topological polar surface area (TPSA) is 58.0 Å². The lowest BCUT2D eigenvalue weighted by atomic mass is 9.99. The van der Waals surface area contributed by atoms with E-state index in [0.717, 1.165) is 18.7 Å². The van der Waals surface area contributed by atoms with Gasteiger partial charge in [0.2, 0.25) is 0 Å². The Morgan fingerprint density at radius 2 is 2.46 bits per heavy atom. The summed E-state index contributed by atoms with van der Waals surface area (Å²) in [6.45, 7) is 3.26. The highest BCUT2D eigenvalue weighted by Gasteiger charge is 2.34. The zero-order valence-electron chi connectivity index (χ0n) is 7.62. The summed E-state index contributed by atoms with van der Waals surface area (Å²) >= 11 is 0. The molecule has 0 bridgehead atoms. The predicted molar refractivity (Wildman–Crippen MR) is 48.2 cm³/mol. The molecule has 2 N–H and O–H groups in total. The number of hydrogen-bond acceptors (Lipinski definition) is 4. The minimum Gasteiger partial charge on any atom is -0.382 e. The summed E-state index contributed by atoms with van der Waals surface area (Å²) in [5.74, 6) is 0.706. The monoisotopic (exact) mass is 179 g/mol. The van der Waals surface area contributed by atoms with Gasteiger partial charge in [0.15, 0.2) is 0 Å². The number of rotatable bonds is 1. The Morgan fingerprint density at radius 1 is 1.62 bits per heavy atom. The average Bonchev–Trinajstić information content (AvgIpc) is 2.54. The van der Waals surface area contributed by atoms with Gasteiger partial charge in [-0.3, -0.25) is 0 Å². The van der Waals surface area contributed by atoms with Gasteiger partial charge in [0.1, 0.15) is 11.4 Å². The van der Waals surface area contributed by atoms with Gasteiger partial charge in [-0.2, -0.15) is 0 Å². The highest BCUT2D eigenvalue weighted by atomic mass is 16.3. The normalized spacial score (nSPS) is 27.8. The van der Waals surface area contributed by atoms with Crippen LogP contribution in [-0.2, 0) is 5.60 Å². The molecule has 0 saturated carbocycles. The summed E-state index contributed by atoms with van der Waals surface area (Å²) in [7, 11) is 0. The van der Waals surface area contributed by atoms with Crippen LogP contribution in [0.3, 0.4) is 0 Å². The Kier molecular flexibility index (Phi) is 2.01. The maximum absolute atomic E-state index is 10.1. The molecule has 1 atom stereocenters. The summed E-state index contributed by atoms with van der Waals surface area (Å²) in [5, 5.41) is 13.3. The van der Waals surface area contributed by atoms with Gasteiger partial charge in [-0.25, -0.2) is 9.97 Å². The van der Waals surface area contributed by atoms with Crippen molar-refractivity contribution in [3.05, 3.63) is 23.8 Å². The lowest BCUT2D eigenvalue weighted by Gasteiger charge is -2.20. The zero-order chi connectivity index (χ0) is 9.31. The smallest absolute Gasteiger partial charge is 0.125 e. The number of hydrogen-bond donors (Lipinski definition) is 2. The van der Waals surface area contributed by atoms with Crippen molar-refractivity contribution in [2.24, 2.45) is 0 Å². The molecule has 13 heavy (non-hydrogen) atoms.